The minimum Gasteiger partial charge on any atom is -0.497 e. The van der Waals surface area contributed by atoms with E-state index in [0.29, 0.717) is 11.4 Å². The van der Waals surface area contributed by atoms with E-state index in [4.69, 9.17) is 4.74 Å². The molecule has 0 radical (unpaired) electrons. The van der Waals surface area contributed by atoms with E-state index < -0.39 is 16.3 Å². The molecule has 0 saturated carbocycles. The predicted molar refractivity (Wildman–Crippen MR) is 123 cm³/mol. The lowest BCUT2D eigenvalue weighted by molar-refractivity contribution is -0.384. The third-order valence-electron chi connectivity index (χ3n) is 5.19. The number of likely N-dealkylation sites (N-methyl/N-ethyl adjacent to an activating group) is 1. The molecule has 1 heterocycles. The Balaban J connectivity index is 1.90. The van der Waals surface area contributed by atoms with Crippen LogP contribution in [0.15, 0.2) is 59.4 Å². The first kappa shape index (κ1) is 23.6. The molecule has 3 rings (SSSR count). The average molecular weight is 451 g/mol. The Morgan fingerprint density at radius 1 is 1.21 bits per heavy atom. The van der Waals surface area contributed by atoms with Crippen LogP contribution in [0, 0.1) is 17.0 Å². The highest BCUT2D eigenvalue weighted by molar-refractivity contribution is 5.92. The van der Waals surface area contributed by atoms with E-state index in [-0.39, 0.29) is 29.7 Å². The lowest BCUT2D eigenvalue weighted by Gasteiger charge is -2.25. The van der Waals surface area contributed by atoms with Gasteiger partial charge >= 0.3 is 0 Å². The molecule has 0 saturated heterocycles. The standard InChI is InChI=1S/C23H25N5O5/c1-15-12-21(29)22(25-27(15)18-10-5-6-11-19(18)28(31)32)23(30)24-14-20(26(2)3)16-8-7-9-17(13-16)33-4/h5-13,20H,14H2,1-4H3,(H,24,30). The van der Waals surface area contributed by atoms with E-state index in [1.54, 1.807) is 20.1 Å². The van der Waals surface area contributed by atoms with Crippen molar-refractivity contribution in [1.29, 1.82) is 0 Å². The SMILES string of the molecule is COc1cccc(C(CNC(=O)c2nn(-c3ccccc3[N+](=O)[O-])c(C)cc2=O)N(C)C)c1. The highest BCUT2D eigenvalue weighted by atomic mass is 16.6. The number of rotatable bonds is 8. The number of nitrogens with one attached hydrogen (secondary N) is 1. The molecular formula is C23H25N5O5. The molecule has 1 amide bonds. The minimum absolute atomic E-state index is 0.164. The highest BCUT2D eigenvalue weighted by Gasteiger charge is 2.22. The van der Waals surface area contributed by atoms with Crippen molar-refractivity contribution in [2.75, 3.05) is 27.7 Å². The molecule has 0 aliphatic carbocycles. The molecule has 10 heteroatoms. The van der Waals surface area contributed by atoms with Crippen LogP contribution in [0.1, 0.15) is 27.8 Å². The number of aromatic nitrogens is 2. The van der Waals surface area contributed by atoms with Gasteiger partial charge in [-0.05, 0) is 44.8 Å². The van der Waals surface area contributed by atoms with Crippen LogP contribution in [0.5, 0.6) is 5.75 Å². The number of carbonyl (C=O) groups excluding carboxylic acids is 1. The Bertz CT molecular complexity index is 1240. The summed E-state index contributed by atoms with van der Waals surface area (Å²) < 4.78 is 6.52. The van der Waals surface area contributed by atoms with Crippen LogP contribution in [0.3, 0.4) is 0 Å². The van der Waals surface area contributed by atoms with E-state index >= 15 is 0 Å². The minimum atomic E-state index is -0.665. The Morgan fingerprint density at radius 2 is 1.94 bits per heavy atom. The molecule has 0 aliphatic rings. The molecule has 0 bridgehead atoms. The fraction of sp³-hybridized carbons (Fsp3) is 0.261. The maximum Gasteiger partial charge on any atom is 0.294 e. The summed E-state index contributed by atoms with van der Waals surface area (Å²) in [5.74, 6) is 0.0281. The van der Waals surface area contributed by atoms with Crippen molar-refractivity contribution < 1.29 is 14.5 Å². The first-order valence-electron chi connectivity index (χ1n) is 10.2. The van der Waals surface area contributed by atoms with Crippen molar-refractivity contribution in [2.24, 2.45) is 0 Å². The van der Waals surface area contributed by atoms with Crippen LogP contribution in [-0.4, -0.2) is 53.3 Å². The Kier molecular flexibility index (Phi) is 7.19. The molecule has 0 spiro atoms. The van der Waals surface area contributed by atoms with Crippen LogP contribution < -0.4 is 15.5 Å². The van der Waals surface area contributed by atoms with E-state index in [2.05, 4.69) is 10.4 Å². The number of hydrogen-bond acceptors (Lipinski definition) is 7. The number of para-hydroxylation sites is 2. The number of hydrogen-bond donors (Lipinski definition) is 1. The molecule has 1 aromatic heterocycles. The van der Waals surface area contributed by atoms with Crippen molar-refractivity contribution >= 4 is 11.6 Å². The molecule has 2 aromatic carbocycles. The van der Waals surface area contributed by atoms with E-state index in [1.807, 2.05) is 43.3 Å². The zero-order chi connectivity index (χ0) is 24.1. The van der Waals surface area contributed by atoms with Gasteiger partial charge in [0.1, 0.15) is 11.4 Å². The topological polar surface area (TPSA) is 120 Å². The Labute approximate surface area is 190 Å². The third kappa shape index (κ3) is 5.24. The first-order chi connectivity index (χ1) is 15.7. The summed E-state index contributed by atoms with van der Waals surface area (Å²) in [6, 6.07) is 14.5. The zero-order valence-corrected chi connectivity index (χ0v) is 18.8. The van der Waals surface area contributed by atoms with Gasteiger partial charge in [0, 0.05) is 24.4 Å². The van der Waals surface area contributed by atoms with Crippen molar-refractivity contribution in [3.63, 3.8) is 0 Å². The number of methoxy groups -OCH3 is 1. The zero-order valence-electron chi connectivity index (χ0n) is 18.8. The van der Waals surface area contributed by atoms with E-state index in [0.717, 1.165) is 5.56 Å². The van der Waals surface area contributed by atoms with Crippen LogP contribution in [0.2, 0.25) is 0 Å². The lowest BCUT2D eigenvalue weighted by atomic mass is 10.1. The van der Waals surface area contributed by atoms with E-state index in [1.165, 1.54) is 28.9 Å². The second-order valence-corrected chi connectivity index (χ2v) is 7.62. The second-order valence-electron chi connectivity index (χ2n) is 7.62. The molecule has 3 aromatic rings. The first-order valence-corrected chi connectivity index (χ1v) is 10.2. The Hall–Kier alpha value is -4.05. The fourth-order valence-corrected chi connectivity index (χ4v) is 3.47. The van der Waals surface area contributed by atoms with Crippen molar-refractivity contribution in [3.8, 4) is 11.4 Å². The smallest absolute Gasteiger partial charge is 0.294 e. The molecule has 1 atom stereocenters. The molecule has 0 aliphatic heterocycles. The molecule has 1 unspecified atom stereocenters. The van der Waals surface area contributed by atoms with Gasteiger partial charge in [0.15, 0.2) is 5.69 Å². The Morgan fingerprint density at radius 3 is 2.61 bits per heavy atom. The normalized spacial score (nSPS) is 11.8. The number of carbonyl (C=O) groups is 1. The van der Waals surface area contributed by atoms with Gasteiger partial charge in [0.25, 0.3) is 11.6 Å². The molecular weight excluding hydrogens is 426 g/mol. The quantitative estimate of drug-likeness (QED) is 0.413. The second kappa shape index (κ2) is 10.0. The van der Waals surface area contributed by atoms with Gasteiger partial charge in [0.05, 0.1) is 18.1 Å². The highest BCUT2D eigenvalue weighted by Crippen LogP contribution is 2.23. The number of nitrogens with zero attached hydrogens (tertiary/aromatic N) is 4. The average Bonchev–Trinajstić information content (AvgIpc) is 2.79. The van der Waals surface area contributed by atoms with Gasteiger partial charge in [-0.3, -0.25) is 19.7 Å². The van der Waals surface area contributed by atoms with Gasteiger partial charge < -0.3 is 15.0 Å². The van der Waals surface area contributed by atoms with Crippen LogP contribution in [-0.2, 0) is 0 Å². The van der Waals surface area contributed by atoms with E-state index in [9.17, 15) is 19.7 Å². The van der Waals surface area contributed by atoms with Crippen molar-refractivity contribution in [1.82, 2.24) is 20.0 Å². The monoisotopic (exact) mass is 451 g/mol. The lowest BCUT2D eigenvalue weighted by Crippen LogP contribution is -2.37. The molecule has 0 fully saturated rings. The van der Waals surface area contributed by atoms with Gasteiger partial charge in [0.2, 0.25) is 5.43 Å². The van der Waals surface area contributed by atoms with Gasteiger partial charge in [-0.2, -0.15) is 5.10 Å². The summed E-state index contributed by atoms with van der Waals surface area (Å²) in [5, 5.41) is 18.3. The molecule has 172 valence electrons. The molecule has 1 N–H and O–H groups in total. The summed E-state index contributed by atoms with van der Waals surface area (Å²) in [6.45, 7) is 1.80. The number of ether oxygens (including phenoxy) is 1. The van der Waals surface area contributed by atoms with Gasteiger partial charge in [-0.25, -0.2) is 4.68 Å². The number of nitro groups is 1. The van der Waals surface area contributed by atoms with Crippen LogP contribution in [0.4, 0.5) is 5.69 Å². The van der Waals surface area contributed by atoms with Crippen LogP contribution >= 0.6 is 0 Å². The number of amides is 1. The molecule has 10 nitrogen and oxygen atoms in total. The third-order valence-corrected chi connectivity index (χ3v) is 5.19. The summed E-state index contributed by atoms with van der Waals surface area (Å²) in [5.41, 5.74) is 0.358. The number of nitro benzene ring substituents is 1. The van der Waals surface area contributed by atoms with Crippen molar-refractivity contribution in [2.45, 2.75) is 13.0 Å². The van der Waals surface area contributed by atoms with Gasteiger partial charge in [-0.15, -0.1) is 0 Å². The molecule has 33 heavy (non-hydrogen) atoms. The maximum atomic E-state index is 12.9. The summed E-state index contributed by atoms with van der Waals surface area (Å²) in [7, 11) is 5.33. The van der Waals surface area contributed by atoms with Gasteiger partial charge in [-0.1, -0.05) is 24.3 Å². The van der Waals surface area contributed by atoms with Crippen LogP contribution in [0.25, 0.3) is 5.69 Å². The fourth-order valence-electron chi connectivity index (χ4n) is 3.47. The maximum absolute atomic E-state index is 12.9. The number of aryl methyl sites for hydroxylation is 1. The summed E-state index contributed by atoms with van der Waals surface area (Å²) in [6.07, 6.45) is 0. The summed E-state index contributed by atoms with van der Waals surface area (Å²) in [4.78, 5) is 38.2. The largest absolute Gasteiger partial charge is 0.497 e. The number of benzene rings is 2. The van der Waals surface area contributed by atoms with Crippen molar-refractivity contribution in [3.05, 3.63) is 91.9 Å². The predicted octanol–water partition coefficient (Wildman–Crippen LogP) is 2.49. The summed E-state index contributed by atoms with van der Waals surface area (Å²) >= 11 is 0.